The normalized spacial score (nSPS) is 10.3. The van der Waals surface area contributed by atoms with E-state index in [1.165, 1.54) is 18.2 Å². The van der Waals surface area contributed by atoms with Gasteiger partial charge in [0.25, 0.3) is 0 Å². The first kappa shape index (κ1) is 9.93. The molecule has 4 heteroatoms. The fourth-order valence-electron chi connectivity index (χ4n) is 1.28. The van der Waals surface area contributed by atoms with Gasteiger partial charge in [-0.25, -0.2) is 4.39 Å². The lowest BCUT2D eigenvalue weighted by molar-refractivity contribution is 0.628. The summed E-state index contributed by atoms with van der Waals surface area (Å²) in [6.45, 7) is 0. The van der Waals surface area contributed by atoms with E-state index in [-0.39, 0.29) is 10.6 Å². The SMILES string of the molecule is O=c1cccc(-c2ccc(Cl)c(F)c2)[nH]1. The Kier molecular flexibility index (Phi) is 2.56. The number of nitrogens with one attached hydrogen (secondary N) is 1. The molecule has 0 amide bonds. The van der Waals surface area contributed by atoms with Crippen molar-refractivity contribution in [1.29, 1.82) is 0 Å². The van der Waals surface area contributed by atoms with Crippen LogP contribution in [-0.4, -0.2) is 4.98 Å². The van der Waals surface area contributed by atoms with Crippen LogP contribution in [0, 0.1) is 5.82 Å². The van der Waals surface area contributed by atoms with Gasteiger partial charge in [-0.05, 0) is 18.2 Å². The molecule has 0 unspecified atom stereocenters. The molecule has 2 nitrogen and oxygen atoms in total. The van der Waals surface area contributed by atoms with Crippen molar-refractivity contribution in [2.75, 3.05) is 0 Å². The third kappa shape index (κ3) is 2.07. The Labute approximate surface area is 90.3 Å². The topological polar surface area (TPSA) is 32.9 Å². The fraction of sp³-hybridized carbons (Fsp3) is 0. The van der Waals surface area contributed by atoms with Gasteiger partial charge >= 0.3 is 0 Å². The Morgan fingerprint density at radius 2 is 2.00 bits per heavy atom. The molecule has 0 aliphatic heterocycles. The maximum atomic E-state index is 13.1. The average Bonchev–Trinajstić information content (AvgIpc) is 2.22. The third-order valence-corrected chi connectivity index (χ3v) is 2.31. The monoisotopic (exact) mass is 223 g/mol. The molecule has 0 fully saturated rings. The van der Waals surface area contributed by atoms with E-state index in [0.29, 0.717) is 11.3 Å². The van der Waals surface area contributed by atoms with Gasteiger partial charge in [0.05, 0.1) is 5.02 Å². The van der Waals surface area contributed by atoms with Crippen molar-refractivity contribution in [2.24, 2.45) is 0 Å². The lowest BCUT2D eigenvalue weighted by atomic mass is 10.1. The van der Waals surface area contributed by atoms with Gasteiger partial charge < -0.3 is 4.98 Å². The maximum absolute atomic E-state index is 13.1. The summed E-state index contributed by atoms with van der Waals surface area (Å²) in [4.78, 5) is 13.6. The summed E-state index contributed by atoms with van der Waals surface area (Å²) in [6.07, 6.45) is 0. The van der Waals surface area contributed by atoms with Crippen LogP contribution in [0.5, 0.6) is 0 Å². The predicted molar refractivity (Wildman–Crippen MR) is 57.5 cm³/mol. The first-order valence-electron chi connectivity index (χ1n) is 4.31. The first-order valence-corrected chi connectivity index (χ1v) is 4.69. The van der Waals surface area contributed by atoms with Crippen LogP contribution in [0.3, 0.4) is 0 Å². The van der Waals surface area contributed by atoms with Crippen LogP contribution in [0.1, 0.15) is 0 Å². The molecule has 1 aromatic heterocycles. The number of benzene rings is 1. The predicted octanol–water partition coefficient (Wildman–Crippen LogP) is 2.83. The number of rotatable bonds is 1. The molecule has 0 aliphatic carbocycles. The summed E-state index contributed by atoms with van der Waals surface area (Å²) in [5, 5.41) is 0.0667. The van der Waals surface area contributed by atoms with Crippen molar-refractivity contribution >= 4 is 11.6 Å². The van der Waals surface area contributed by atoms with Gasteiger partial charge in [-0.3, -0.25) is 4.79 Å². The van der Waals surface area contributed by atoms with Gasteiger partial charge in [-0.1, -0.05) is 23.7 Å². The van der Waals surface area contributed by atoms with E-state index in [0.717, 1.165) is 0 Å². The molecule has 1 aromatic carbocycles. The second-order valence-corrected chi connectivity index (χ2v) is 3.46. The molecule has 2 aromatic rings. The van der Waals surface area contributed by atoms with Crippen molar-refractivity contribution < 1.29 is 4.39 Å². The Bertz CT molecular complexity index is 550. The maximum Gasteiger partial charge on any atom is 0.248 e. The molecule has 0 aliphatic rings. The molecule has 0 saturated carbocycles. The average molecular weight is 224 g/mol. The van der Waals surface area contributed by atoms with E-state index in [4.69, 9.17) is 11.6 Å². The highest BCUT2D eigenvalue weighted by atomic mass is 35.5. The van der Waals surface area contributed by atoms with Crippen LogP contribution in [-0.2, 0) is 0 Å². The summed E-state index contributed by atoms with van der Waals surface area (Å²) in [5.41, 5.74) is 0.940. The van der Waals surface area contributed by atoms with Crippen LogP contribution < -0.4 is 5.56 Å². The zero-order valence-corrected chi connectivity index (χ0v) is 8.38. The molecule has 76 valence electrons. The standard InChI is InChI=1S/C11H7ClFNO/c12-8-5-4-7(6-9(8)13)10-2-1-3-11(15)14-10/h1-6H,(H,14,15). The van der Waals surface area contributed by atoms with Gasteiger partial charge in [0.15, 0.2) is 0 Å². The minimum absolute atomic E-state index is 0.0667. The summed E-state index contributed by atoms with van der Waals surface area (Å²) in [5.74, 6) is -0.501. The highest BCUT2D eigenvalue weighted by Gasteiger charge is 2.03. The van der Waals surface area contributed by atoms with Gasteiger partial charge in [0.2, 0.25) is 5.56 Å². The summed E-state index contributed by atoms with van der Waals surface area (Å²) in [7, 11) is 0. The van der Waals surface area contributed by atoms with Gasteiger partial charge in [-0.2, -0.15) is 0 Å². The molecule has 0 radical (unpaired) electrons. The van der Waals surface area contributed by atoms with Gasteiger partial charge in [0, 0.05) is 17.3 Å². The number of aromatic nitrogens is 1. The van der Waals surface area contributed by atoms with Crippen molar-refractivity contribution in [3.63, 3.8) is 0 Å². The van der Waals surface area contributed by atoms with Crippen molar-refractivity contribution in [2.45, 2.75) is 0 Å². The molecular formula is C11H7ClFNO. The van der Waals surface area contributed by atoms with E-state index in [2.05, 4.69) is 4.98 Å². The van der Waals surface area contributed by atoms with E-state index < -0.39 is 5.82 Å². The second-order valence-electron chi connectivity index (χ2n) is 3.06. The number of H-pyrrole nitrogens is 1. The Hall–Kier alpha value is -1.61. The molecule has 0 spiro atoms. The molecule has 0 bridgehead atoms. The minimum atomic E-state index is -0.501. The summed E-state index contributed by atoms with van der Waals surface area (Å²) >= 11 is 5.55. The summed E-state index contributed by atoms with van der Waals surface area (Å²) < 4.78 is 13.1. The van der Waals surface area contributed by atoms with Gasteiger partial charge in [-0.15, -0.1) is 0 Å². The second kappa shape index (κ2) is 3.87. The van der Waals surface area contributed by atoms with E-state index >= 15 is 0 Å². The molecule has 0 saturated heterocycles. The van der Waals surface area contributed by atoms with Crippen LogP contribution in [0.15, 0.2) is 41.2 Å². The molecular weight excluding hydrogens is 217 g/mol. The summed E-state index contributed by atoms with van der Waals surface area (Å²) in [6, 6.07) is 9.10. The van der Waals surface area contributed by atoms with Crippen molar-refractivity contribution in [3.8, 4) is 11.3 Å². The zero-order chi connectivity index (χ0) is 10.8. The zero-order valence-electron chi connectivity index (χ0n) is 7.63. The van der Waals surface area contributed by atoms with Crippen molar-refractivity contribution in [3.05, 3.63) is 57.6 Å². The number of hydrogen-bond acceptors (Lipinski definition) is 1. The highest BCUT2D eigenvalue weighted by Crippen LogP contribution is 2.21. The third-order valence-electron chi connectivity index (χ3n) is 2.00. The Morgan fingerprint density at radius 1 is 1.20 bits per heavy atom. The van der Waals surface area contributed by atoms with Crippen LogP contribution >= 0.6 is 11.6 Å². The Morgan fingerprint density at radius 3 is 2.67 bits per heavy atom. The highest BCUT2D eigenvalue weighted by molar-refractivity contribution is 6.30. The van der Waals surface area contributed by atoms with E-state index in [9.17, 15) is 9.18 Å². The van der Waals surface area contributed by atoms with Gasteiger partial charge in [0.1, 0.15) is 5.82 Å². The van der Waals surface area contributed by atoms with E-state index in [1.807, 2.05) is 0 Å². The van der Waals surface area contributed by atoms with Crippen LogP contribution in [0.25, 0.3) is 11.3 Å². The molecule has 0 atom stereocenters. The number of pyridine rings is 1. The van der Waals surface area contributed by atoms with Crippen LogP contribution in [0.2, 0.25) is 5.02 Å². The number of halogens is 2. The quantitative estimate of drug-likeness (QED) is 0.792. The Balaban J connectivity index is 2.55. The number of aromatic amines is 1. The molecule has 1 N–H and O–H groups in total. The van der Waals surface area contributed by atoms with Crippen molar-refractivity contribution in [1.82, 2.24) is 4.98 Å². The minimum Gasteiger partial charge on any atom is -0.322 e. The fourth-order valence-corrected chi connectivity index (χ4v) is 1.40. The lowest BCUT2D eigenvalue weighted by Crippen LogP contribution is -2.03. The molecule has 15 heavy (non-hydrogen) atoms. The smallest absolute Gasteiger partial charge is 0.248 e. The number of hydrogen-bond donors (Lipinski definition) is 1. The van der Waals surface area contributed by atoms with Crippen LogP contribution in [0.4, 0.5) is 4.39 Å². The molecule has 1 heterocycles. The molecule has 2 rings (SSSR count). The largest absolute Gasteiger partial charge is 0.322 e. The lowest BCUT2D eigenvalue weighted by Gasteiger charge is -2.01. The van der Waals surface area contributed by atoms with E-state index in [1.54, 1.807) is 18.2 Å². The first-order chi connectivity index (χ1) is 7.16.